The Morgan fingerprint density at radius 3 is 2.72 bits per heavy atom. The molecule has 0 radical (unpaired) electrons. The summed E-state index contributed by atoms with van der Waals surface area (Å²) in [4.78, 5) is 47.1. The molecule has 3 heterocycles. The molecule has 9 heteroatoms. The van der Waals surface area contributed by atoms with Gasteiger partial charge >= 0.3 is 0 Å². The summed E-state index contributed by atoms with van der Waals surface area (Å²) in [5, 5.41) is 9.38. The molecule has 1 aromatic carbocycles. The number of carbonyl (C=O) groups excluding carboxylic acids is 3. The molecule has 2 amide bonds. The molecule has 1 spiro atoms. The number of hydrogen-bond donors (Lipinski definition) is 3. The molecule has 1 saturated heterocycles. The summed E-state index contributed by atoms with van der Waals surface area (Å²) >= 11 is 0. The van der Waals surface area contributed by atoms with E-state index >= 15 is 0 Å². The third kappa shape index (κ3) is 4.95. The summed E-state index contributed by atoms with van der Waals surface area (Å²) in [5.74, 6) is 1.42. The maximum atomic E-state index is 13.0. The van der Waals surface area contributed by atoms with Gasteiger partial charge in [0.05, 0.1) is 11.0 Å². The fourth-order valence-electron chi connectivity index (χ4n) is 6.61. The van der Waals surface area contributed by atoms with Crippen LogP contribution in [0.5, 0.6) is 0 Å². The van der Waals surface area contributed by atoms with Crippen molar-refractivity contribution in [2.45, 2.75) is 68.7 Å². The molecule has 0 bridgehead atoms. The lowest BCUT2D eigenvalue weighted by Gasteiger charge is -2.36. The van der Waals surface area contributed by atoms with E-state index in [1.165, 1.54) is 6.42 Å². The van der Waals surface area contributed by atoms with Crippen LogP contribution >= 0.6 is 0 Å². The molecule has 2 aliphatic heterocycles. The summed E-state index contributed by atoms with van der Waals surface area (Å²) in [6.07, 6.45) is 10.6. The molecule has 4 aliphatic rings. The molecule has 9 nitrogen and oxygen atoms in total. The van der Waals surface area contributed by atoms with E-state index in [9.17, 15) is 14.4 Å². The number of benzene rings is 1. The molecule has 2 fully saturated rings. The number of carbonyl (C=O) groups is 3. The first-order chi connectivity index (χ1) is 19.0. The van der Waals surface area contributed by atoms with Crippen LogP contribution in [0, 0.1) is 5.92 Å². The van der Waals surface area contributed by atoms with Crippen molar-refractivity contribution < 1.29 is 19.1 Å². The zero-order valence-electron chi connectivity index (χ0n) is 22.1. The van der Waals surface area contributed by atoms with Gasteiger partial charge in [-0.3, -0.25) is 14.6 Å². The summed E-state index contributed by atoms with van der Waals surface area (Å²) < 4.78 is 5.48. The average Bonchev–Trinajstić information content (AvgIpc) is 3.48. The molecule has 0 unspecified atom stereocenters. The standard InChI is InChI=1S/C30H35N5O4/c36-19-29(10-13-39-14-11-29)35-26(20-5-2-1-3-6-20)32-18-25(37)33-23-9-8-21-16-30(17-22(21)15-23)24-7-4-12-31-27(24)34-28(30)38/h4,7-9,12,15,19-20H,1-3,5-6,10-11,13-14,16-18H2,(H,32,35)(H,33,37)(H,31,34,38)/t30-/m1/s1. The van der Waals surface area contributed by atoms with Gasteiger partial charge in [0.25, 0.3) is 0 Å². The van der Waals surface area contributed by atoms with Crippen LogP contribution in [0.25, 0.3) is 0 Å². The maximum absolute atomic E-state index is 13.0. The van der Waals surface area contributed by atoms with E-state index in [4.69, 9.17) is 9.73 Å². The second kappa shape index (κ2) is 10.5. The number of hydrogen-bond acceptors (Lipinski definition) is 6. The third-order valence-corrected chi connectivity index (χ3v) is 8.84. The highest BCUT2D eigenvalue weighted by Gasteiger charge is 2.51. The molecule has 2 aromatic rings. The minimum Gasteiger partial charge on any atom is -0.381 e. The number of amides is 2. The average molecular weight is 530 g/mol. The van der Waals surface area contributed by atoms with E-state index in [0.29, 0.717) is 50.4 Å². The summed E-state index contributed by atoms with van der Waals surface area (Å²) in [7, 11) is 0. The topological polar surface area (TPSA) is 122 Å². The monoisotopic (exact) mass is 529 g/mol. The summed E-state index contributed by atoms with van der Waals surface area (Å²) in [6, 6.07) is 9.70. The van der Waals surface area contributed by atoms with Gasteiger partial charge in [0.15, 0.2) is 0 Å². The van der Waals surface area contributed by atoms with Gasteiger partial charge in [-0.05, 0) is 55.0 Å². The van der Waals surface area contributed by atoms with Gasteiger partial charge in [-0.25, -0.2) is 4.98 Å². The minimum atomic E-state index is -0.679. The van der Waals surface area contributed by atoms with E-state index in [1.54, 1.807) is 6.20 Å². The number of aliphatic imine (C=N–C) groups is 1. The Bertz CT molecular complexity index is 1310. The largest absolute Gasteiger partial charge is 0.381 e. The van der Waals surface area contributed by atoms with Crippen LogP contribution in [-0.4, -0.2) is 54.2 Å². The molecule has 6 rings (SSSR count). The highest BCUT2D eigenvalue weighted by Crippen LogP contribution is 2.46. The Balaban J connectivity index is 1.15. The van der Waals surface area contributed by atoms with Gasteiger partial charge < -0.3 is 25.5 Å². The lowest BCUT2D eigenvalue weighted by atomic mass is 9.79. The predicted octanol–water partition coefficient (Wildman–Crippen LogP) is 3.33. The Hall–Kier alpha value is -3.59. The van der Waals surface area contributed by atoms with E-state index < -0.39 is 11.0 Å². The number of fused-ring (bicyclic) bond motifs is 3. The van der Waals surface area contributed by atoms with Gasteiger partial charge in [-0.2, -0.15) is 0 Å². The molecular weight excluding hydrogens is 494 g/mol. The molecule has 204 valence electrons. The molecule has 2 aliphatic carbocycles. The third-order valence-electron chi connectivity index (χ3n) is 8.84. The number of anilines is 2. The quantitative estimate of drug-likeness (QED) is 0.300. The number of amidine groups is 1. The molecule has 1 atom stereocenters. The van der Waals surface area contributed by atoms with Crippen molar-refractivity contribution in [3.63, 3.8) is 0 Å². The predicted molar refractivity (Wildman–Crippen MR) is 148 cm³/mol. The second-order valence-electron chi connectivity index (χ2n) is 11.4. The Labute approximate surface area is 228 Å². The van der Waals surface area contributed by atoms with Gasteiger partial charge in [-0.15, -0.1) is 0 Å². The van der Waals surface area contributed by atoms with Crippen LogP contribution in [0.3, 0.4) is 0 Å². The van der Waals surface area contributed by atoms with E-state index in [0.717, 1.165) is 54.5 Å². The zero-order valence-corrected chi connectivity index (χ0v) is 22.1. The van der Waals surface area contributed by atoms with Crippen molar-refractivity contribution >= 4 is 35.4 Å². The lowest BCUT2D eigenvalue weighted by molar-refractivity contribution is -0.120. The summed E-state index contributed by atoms with van der Waals surface area (Å²) in [5.41, 5.74) is 2.47. The van der Waals surface area contributed by atoms with Crippen LogP contribution < -0.4 is 16.0 Å². The van der Waals surface area contributed by atoms with Crippen LogP contribution in [0.1, 0.15) is 61.6 Å². The van der Waals surface area contributed by atoms with Gasteiger partial charge in [-0.1, -0.05) is 31.4 Å². The van der Waals surface area contributed by atoms with Gasteiger partial charge in [0.2, 0.25) is 11.8 Å². The maximum Gasteiger partial charge on any atom is 0.246 e. The first kappa shape index (κ1) is 25.7. The van der Waals surface area contributed by atoms with Crippen molar-refractivity contribution in [2.75, 3.05) is 30.4 Å². The molecular formula is C30H35N5O4. The number of nitrogens with zero attached hydrogens (tertiary/aromatic N) is 2. The van der Waals surface area contributed by atoms with Gasteiger partial charge in [0.1, 0.15) is 24.5 Å². The van der Waals surface area contributed by atoms with E-state index in [1.807, 2.05) is 30.3 Å². The first-order valence-electron chi connectivity index (χ1n) is 14.1. The fraction of sp³-hybridized carbons (Fsp3) is 0.500. The smallest absolute Gasteiger partial charge is 0.246 e. The second-order valence-corrected chi connectivity index (χ2v) is 11.4. The highest BCUT2D eigenvalue weighted by atomic mass is 16.5. The normalized spacial score (nSPS) is 24.1. The van der Waals surface area contributed by atoms with Crippen molar-refractivity contribution in [3.05, 3.63) is 53.2 Å². The van der Waals surface area contributed by atoms with Crippen molar-refractivity contribution in [3.8, 4) is 0 Å². The highest BCUT2D eigenvalue weighted by molar-refractivity contribution is 6.06. The van der Waals surface area contributed by atoms with Crippen molar-refractivity contribution in [2.24, 2.45) is 10.9 Å². The number of pyridine rings is 1. The number of ether oxygens (including phenoxy) is 1. The molecule has 1 saturated carbocycles. The number of nitrogens with one attached hydrogen (secondary N) is 3. The van der Waals surface area contributed by atoms with Crippen LogP contribution in [0.2, 0.25) is 0 Å². The van der Waals surface area contributed by atoms with Crippen molar-refractivity contribution in [1.82, 2.24) is 10.3 Å². The lowest BCUT2D eigenvalue weighted by Crippen LogP contribution is -2.55. The van der Waals surface area contributed by atoms with E-state index in [-0.39, 0.29) is 24.3 Å². The first-order valence-corrected chi connectivity index (χ1v) is 14.1. The van der Waals surface area contributed by atoms with Crippen LogP contribution in [0.4, 0.5) is 11.5 Å². The Morgan fingerprint density at radius 1 is 1.13 bits per heavy atom. The number of aldehydes is 1. The number of rotatable bonds is 6. The molecule has 1 aromatic heterocycles. The minimum absolute atomic E-state index is 0.0207. The Kier molecular flexibility index (Phi) is 6.93. The summed E-state index contributed by atoms with van der Waals surface area (Å²) in [6.45, 7) is 1.05. The van der Waals surface area contributed by atoms with Gasteiger partial charge in [0, 0.05) is 49.4 Å². The van der Waals surface area contributed by atoms with E-state index in [2.05, 4.69) is 20.9 Å². The molecule has 39 heavy (non-hydrogen) atoms. The number of aromatic nitrogens is 1. The zero-order chi connectivity index (χ0) is 26.9. The molecule has 3 N–H and O–H groups in total. The fourth-order valence-corrected chi connectivity index (χ4v) is 6.61. The van der Waals surface area contributed by atoms with Crippen LogP contribution in [0.15, 0.2) is 41.5 Å². The van der Waals surface area contributed by atoms with Crippen LogP contribution in [-0.2, 0) is 37.4 Å². The Morgan fingerprint density at radius 2 is 1.92 bits per heavy atom. The SMILES string of the molecule is O=CC1(NC(=NCC(=O)Nc2ccc3c(c2)C[C@@]2(C3)C(=O)Nc3ncccc32)C2CCCCC2)CCOCC1. The van der Waals surface area contributed by atoms with Crippen molar-refractivity contribution in [1.29, 1.82) is 0 Å².